The van der Waals surface area contributed by atoms with Crippen LogP contribution in [0, 0.1) is 4.77 Å². The first-order chi connectivity index (χ1) is 8.58. The molecule has 1 saturated heterocycles. The molecule has 0 aromatic carbocycles. The molecule has 9 nitrogen and oxygen atoms in total. The van der Waals surface area contributed by atoms with Crippen LogP contribution in [0.5, 0.6) is 0 Å². The van der Waals surface area contributed by atoms with Crippen LogP contribution in [0.25, 0.3) is 0 Å². The lowest BCUT2D eigenvalue weighted by Gasteiger charge is -2.17. The van der Waals surface area contributed by atoms with Crippen molar-refractivity contribution in [3.63, 3.8) is 0 Å². The zero-order valence-corrected chi connectivity index (χ0v) is 9.99. The molecule has 0 saturated carbocycles. The second kappa shape index (κ2) is 5.22. The van der Waals surface area contributed by atoms with Crippen LogP contribution >= 0.6 is 12.2 Å². The fraction of sp³-hybridized carbons (Fsp3) is 0.625. The Morgan fingerprint density at radius 1 is 1.50 bits per heavy atom. The minimum absolute atomic E-state index is 0.0767. The van der Waals surface area contributed by atoms with E-state index < -0.39 is 31.1 Å². The molecular formula is C8H13N5O4S. The Morgan fingerprint density at radius 2 is 2.22 bits per heavy atom. The molecule has 0 radical (unpaired) electrons. The summed E-state index contributed by atoms with van der Waals surface area (Å²) in [4.78, 5) is 7.67. The van der Waals surface area contributed by atoms with E-state index in [0.717, 1.165) is 0 Å². The molecule has 100 valence electrons. The molecular weight excluding hydrogens is 262 g/mol. The van der Waals surface area contributed by atoms with Gasteiger partial charge in [0.2, 0.25) is 10.7 Å². The molecule has 2 heterocycles. The van der Waals surface area contributed by atoms with Gasteiger partial charge in [0.05, 0.1) is 6.61 Å². The molecule has 0 aliphatic carbocycles. The first-order valence-corrected chi connectivity index (χ1v) is 5.53. The van der Waals surface area contributed by atoms with Gasteiger partial charge < -0.3 is 20.1 Å². The average Bonchev–Trinajstić information content (AvgIpc) is 2.66. The van der Waals surface area contributed by atoms with Crippen LogP contribution in [0.2, 0.25) is 0 Å². The van der Waals surface area contributed by atoms with Crippen LogP contribution in [-0.4, -0.2) is 54.8 Å². The normalized spacial score (nSPS) is 31.6. The van der Waals surface area contributed by atoms with Crippen molar-refractivity contribution in [2.24, 2.45) is 5.84 Å². The van der Waals surface area contributed by atoms with E-state index in [1.165, 1.54) is 10.9 Å². The Morgan fingerprint density at radius 3 is 2.72 bits per heavy atom. The van der Waals surface area contributed by atoms with Crippen LogP contribution in [-0.2, 0) is 4.74 Å². The Balaban J connectivity index is 2.30. The highest BCUT2D eigenvalue weighted by Gasteiger charge is 2.43. The number of ether oxygens (including phenoxy) is 1. The maximum absolute atomic E-state index is 9.81. The SMILES string of the molecule is NNc1ncn([C@@H]2O[C@H](CO)C(O)C2O)c(=S)n1. The lowest BCUT2D eigenvalue weighted by Crippen LogP contribution is -2.33. The zero-order valence-electron chi connectivity index (χ0n) is 9.17. The van der Waals surface area contributed by atoms with E-state index in [2.05, 4.69) is 15.4 Å². The third kappa shape index (κ3) is 2.21. The van der Waals surface area contributed by atoms with Crippen molar-refractivity contribution in [3.8, 4) is 0 Å². The third-order valence-corrected chi connectivity index (χ3v) is 2.95. The maximum Gasteiger partial charge on any atom is 0.241 e. The lowest BCUT2D eigenvalue weighted by atomic mass is 10.1. The van der Waals surface area contributed by atoms with Crippen molar-refractivity contribution in [3.05, 3.63) is 11.1 Å². The van der Waals surface area contributed by atoms with Crippen molar-refractivity contribution in [2.45, 2.75) is 24.5 Å². The van der Waals surface area contributed by atoms with Gasteiger partial charge in [0.1, 0.15) is 24.6 Å². The van der Waals surface area contributed by atoms with Crippen molar-refractivity contribution in [2.75, 3.05) is 12.0 Å². The highest BCUT2D eigenvalue weighted by molar-refractivity contribution is 7.71. The predicted molar refractivity (Wildman–Crippen MR) is 61.7 cm³/mol. The smallest absolute Gasteiger partial charge is 0.241 e. The summed E-state index contributed by atoms with van der Waals surface area (Å²) in [5.74, 6) is 5.26. The van der Waals surface area contributed by atoms with Crippen LogP contribution in [0.1, 0.15) is 6.23 Å². The second-order valence-corrected chi connectivity index (χ2v) is 4.11. The Kier molecular flexibility index (Phi) is 3.85. The highest BCUT2D eigenvalue weighted by Crippen LogP contribution is 2.28. The standard InChI is InChI=1S/C8H13N5O4S/c9-12-7-10-2-13(8(18)11-7)6-5(16)4(15)3(1-14)17-6/h2-6,14-16H,1,9H2,(H,11,12,18)/t3-,4?,5?,6-/m1/s1. The number of hydrogen-bond donors (Lipinski definition) is 5. The number of hydrazine groups is 1. The Labute approximate surface area is 107 Å². The molecule has 2 unspecified atom stereocenters. The van der Waals surface area contributed by atoms with E-state index >= 15 is 0 Å². The van der Waals surface area contributed by atoms with E-state index in [1.807, 2.05) is 0 Å². The van der Waals surface area contributed by atoms with Crippen LogP contribution in [0.3, 0.4) is 0 Å². The van der Waals surface area contributed by atoms with E-state index in [-0.39, 0.29) is 10.7 Å². The van der Waals surface area contributed by atoms with E-state index in [9.17, 15) is 10.2 Å². The van der Waals surface area contributed by atoms with Gasteiger partial charge in [-0.25, -0.2) is 10.8 Å². The number of anilines is 1. The third-order valence-electron chi connectivity index (χ3n) is 2.65. The minimum atomic E-state index is -1.23. The molecule has 1 aliphatic rings. The summed E-state index contributed by atoms with van der Waals surface area (Å²) in [7, 11) is 0. The van der Waals surface area contributed by atoms with Crippen LogP contribution < -0.4 is 11.3 Å². The molecule has 0 bridgehead atoms. The Bertz CT molecular complexity index is 483. The lowest BCUT2D eigenvalue weighted by molar-refractivity contribution is -0.0545. The topological polar surface area (TPSA) is 139 Å². The molecule has 1 aromatic heterocycles. The first kappa shape index (κ1) is 13.3. The molecule has 0 amide bonds. The Hall–Kier alpha value is -1.17. The number of aliphatic hydroxyl groups is 3. The molecule has 4 atom stereocenters. The van der Waals surface area contributed by atoms with Gasteiger partial charge >= 0.3 is 0 Å². The van der Waals surface area contributed by atoms with Gasteiger partial charge in [-0.1, -0.05) is 0 Å². The zero-order chi connectivity index (χ0) is 13.3. The molecule has 0 spiro atoms. The van der Waals surface area contributed by atoms with Crippen molar-refractivity contribution in [1.82, 2.24) is 14.5 Å². The quantitative estimate of drug-likeness (QED) is 0.238. The summed E-state index contributed by atoms with van der Waals surface area (Å²) in [5.41, 5.74) is 2.23. The van der Waals surface area contributed by atoms with Gasteiger partial charge in [-0.05, 0) is 12.2 Å². The molecule has 1 aromatic rings. The summed E-state index contributed by atoms with van der Waals surface area (Å²) < 4.78 is 6.64. The van der Waals surface area contributed by atoms with Crippen LogP contribution in [0.4, 0.5) is 5.95 Å². The molecule has 1 fully saturated rings. The second-order valence-electron chi connectivity index (χ2n) is 3.74. The number of nitrogens with zero attached hydrogens (tertiary/aromatic N) is 3. The summed E-state index contributed by atoms with van der Waals surface area (Å²) in [6.45, 7) is -0.411. The minimum Gasteiger partial charge on any atom is -0.394 e. The summed E-state index contributed by atoms with van der Waals surface area (Å²) in [6.07, 6.45) is -2.97. The first-order valence-electron chi connectivity index (χ1n) is 5.12. The van der Waals surface area contributed by atoms with E-state index in [4.69, 9.17) is 27.9 Å². The number of nitrogens with one attached hydrogen (secondary N) is 1. The highest BCUT2D eigenvalue weighted by atomic mass is 32.1. The predicted octanol–water partition coefficient (Wildman–Crippen LogP) is -2.10. The fourth-order valence-electron chi connectivity index (χ4n) is 1.70. The molecule has 6 N–H and O–H groups in total. The number of aliphatic hydroxyl groups excluding tert-OH is 3. The number of aromatic nitrogens is 3. The van der Waals surface area contributed by atoms with Gasteiger partial charge in [-0.15, -0.1) is 0 Å². The van der Waals surface area contributed by atoms with Crippen LogP contribution in [0.15, 0.2) is 6.33 Å². The molecule has 10 heteroatoms. The molecule has 18 heavy (non-hydrogen) atoms. The van der Waals surface area contributed by atoms with E-state index in [0.29, 0.717) is 0 Å². The molecule has 1 aliphatic heterocycles. The summed E-state index contributed by atoms with van der Waals surface area (Å²) in [5, 5.41) is 28.4. The van der Waals surface area contributed by atoms with Gasteiger partial charge in [-0.3, -0.25) is 9.99 Å². The van der Waals surface area contributed by atoms with Gasteiger partial charge in [0, 0.05) is 0 Å². The van der Waals surface area contributed by atoms with Gasteiger partial charge in [-0.2, -0.15) is 4.98 Å². The number of nitrogens with two attached hydrogens (primary N) is 1. The molecule has 2 rings (SSSR count). The van der Waals surface area contributed by atoms with Gasteiger partial charge in [0.25, 0.3) is 0 Å². The average molecular weight is 275 g/mol. The number of nitrogen functional groups attached to an aromatic ring is 1. The fourth-order valence-corrected chi connectivity index (χ4v) is 1.93. The van der Waals surface area contributed by atoms with Crippen molar-refractivity contribution >= 4 is 18.2 Å². The number of hydrogen-bond acceptors (Lipinski definition) is 9. The maximum atomic E-state index is 9.81. The van der Waals surface area contributed by atoms with Crippen molar-refractivity contribution < 1.29 is 20.1 Å². The monoisotopic (exact) mass is 275 g/mol. The summed E-state index contributed by atoms with van der Waals surface area (Å²) in [6, 6.07) is 0. The number of rotatable bonds is 3. The summed E-state index contributed by atoms with van der Waals surface area (Å²) >= 11 is 4.99. The van der Waals surface area contributed by atoms with Crippen molar-refractivity contribution in [1.29, 1.82) is 0 Å². The van der Waals surface area contributed by atoms with Gasteiger partial charge in [0.15, 0.2) is 6.23 Å². The van der Waals surface area contributed by atoms with E-state index in [1.54, 1.807) is 0 Å². The largest absolute Gasteiger partial charge is 0.394 e.